The average molecular weight is 1300 g/mol. The molecule has 20 nitrogen and oxygen atoms in total. The molecule has 3 aliphatic rings. The number of β-amino-alcohol motifs (C(OH)–C–C–N with tert-alkyl or cyclic N) is 1. The van der Waals surface area contributed by atoms with Crippen molar-refractivity contribution in [2.45, 2.75) is 25.9 Å². The highest BCUT2D eigenvalue weighted by Gasteiger charge is 2.43. The lowest BCUT2D eigenvalue weighted by atomic mass is 10.0. The van der Waals surface area contributed by atoms with Crippen molar-refractivity contribution in [3.8, 4) is 0 Å². The molecular formula is C50H45Cl3F3N9O11S6. The summed E-state index contributed by atoms with van der Waals surface area (Å²) in [7, 11) is -12.4. The lowest BCUT2D eigenvalue weighted by Gasteiger charge is -2.37. The molecule has 5 N–H and O–H groups in total. The van der Waals surface area contributed by atoms with Gasteiger partial charge in [0, 0.05) is 28.5 Å². The van der Waals surface area contributed by atoms with Gasteiger partial charge in [-0.05, 0) is 108 Å². The van der Waals surface area contributed by atoms with E-state index in [0.717, 1.165) is 31.7 Å². The minimum atomic E-state index is -4.28. The minimum Gasteiger partial charge on any atom is -0.395 e. The van der Waals surface area contributed by atoms with E-state index in [1.165, 1.54) is 88.6 Å². The van der Waals surface area contributed by atoms with Crippen molar-refractivity contribution in [3.63, 3.8) is 0 Å². The van der Waals surface area contributed by atoms with Crippen LogP contribution >= 0.6 is 68.8 Å². The van der Waals surface area contributed by atoms with Crippen LogP contribution in [0.3, 0.4) is 0 Å². The second kappa shape index (κ2) is 28.1. The fraction of sp³-hybridized carbons (Fsp3) is 0.160. The van der Waals surface area contributed by atoms with E-state index in [9.17, 15) is 62.7 Å². The monoisotopic (exact) mass is 1300 g/mol. The van der Waals surface area contributed by atoms with Crippen LogP contribution in [-0.4, -0.2) is 111 Å². The van der Waals surface area contributed by atoms with Crippen LogP contribution in [0.4, 0.5) is 30.2 Å². The molecule has 6 heterocycles. The summed E-state index contributed by atoms with van der Waals surface area (Å²) in [6.07, 6.45) is 4.53. The van der Waals surface area contributed by atoms with Crippen molar-refractivity contribution in [2.24, 2.45) is 8.80 Å². The van der Waals surface area contributed by atoms with Gasteiger partial charge in [-0.3, -0.25) is 14.4 Å². The zero-order valence-corrected chi connectivity index (χ0v) is 48.2. The number of nitrogens with one attached hydrogen (secondary N) is 4. The van der Waals surface area contributed by atoms with Gasteiger partial charge in [-0.25, -0.2) is 21.8 Å². The van der Waals surface area contributed by atoms with E-state index in [4.69, 9.17) is 34.8 Å². The Bertz CT molecular complexity index is 3670. The highest BCUT2D eigenvalue weighted by atomic mass is 35.5. The maximum absolute atomic E-state index is 13.3. The number of rotatable bonds is 15. The van der Waals surface area contributed by atoms with Crippen LogP contribution in [-0.2, 0) is 49.8 Å². The number of carbonyl (C=O) groups excluding carboxylic acids is 4. The second-order valence-corrected chi connectivity index (χ2v) is 25.3. The Morgan fingerprint density at radius 3 is 1.51 bits per heavy atom. The van der Waals surface area contributed by atoms with Gasteiger partial charge in [0.05, 0.1) is 62.0 Å². The molecule has 2 unspecified atom stereocenters. The topological polar surface area (TPSA) is 273 Å². The van der Waals surface area contributed by atoms with Crippen LogP contribution in [0.1, 0.15) is 34.5 Å². The third-order valence-corrected chi connectivity index (χ3v) is 19.0. The van der Waals surface area contributed by atoms with Gasteiger partial charge in [0.1, 0.15) is 41.2 Å². The van der Waals surface area contributed by atoms with Crippen molar-refractivity contribution in [1.29, 1.82) is 0 Å². The number of thiophene rings is 3. The predicted octanol–water partition coefficient (Wildman–Crippen LogP) is 8.97. The SMILES string of the molecule is C.C=CCN1C(C(=O)Nc2ccc(F)c(Cl)c2)=CC(c2cccs2)=NS1(=O)=O.O=C(Nc1ccc(F)c(Cl)c1)C1CC(c2cccs2)NS(=O)(=O)N1CCO.O=CCN1C(C(=O)Nc2ccc(F)c(Cl)c2)=CC(c2cccs2)=NS1(=O)=O. The van der Waals surface area contributed by atoms with Crippen molar-refractivity contribution in [1.82, 2.24) is 17.6 Å². The Hall–Kier alpha value is -6.61. The Morgan fingerprint density at radius 1 is 0.683 bits per heavy atom. The first-order valence-corrected chi connectivity index (χ1v) is 31.0. The highest BCUT2D eigenvalue weighted by Crippen LogP contribution is 2.33. The van der Waals surface area contributed by atoms with Crippen molar-refractivity contribution in [3.05, 3.63) is 190 Å². The summed E-state index contributed by atoms with van der Waals surface area (Å²) in [6.45, 7) is 2.15. The third kappa shape index (κ3) is 15.9. The lowest BCUT2D eigenvalue weighted by molar-refractivity contribution is -0.120. The molecule has 2 atom stereocenters. The van der Waals surface area contributed by atoms with E-state index in [1.54, 1.807) is 47.2 Å². The molecule has 0 saturated carbocycles. The molecule has 0 aliphatic carbocycles. The first kappa shape index (κ1) is 64.6. The largest absolute Gasteiger partial charge is 0.395 e. The van der Waals surface area contributed by atoms with Crippen molar-refractivity contribution in [2.75, 3.05) is 42.2 Å². The summed E-state index contributed by atoms with van der Waals surface area (Å²) in [4.78, 5) is 51.0. The molecule has 1 saturated heterocycles. The number of aliphatic hydroxyl groups excluding tert-OH is 1. The van der Waals surface area contributed by atoms with Crippen LogP contribution < -0.4 is 20.7 Å². The number of aldehydes is 1. The van der Waals surface area contributed by atoms with Crippen LogP contribution in [0.2, 0.25) is 15.1 Å². The molecule has 82 heavy (non-hydrogen) atoms. The van der Waals surface area contributed by atoms with Crippen LogP contribution in [0.25, 0.3) is 0 Å². The number of anilines is 3. The zero-order valence-electron chi connectivity index (χ0n) is 41.1. The number of benzene rings is 3. The van der Waals surface area contributed by atoms with E-state index in [-0.39, 0.29) is 81.9 Å². The molecule has 0 bridgehead atoms. The molecule has 3 aromatic carbocycles. The molecule has 1 fully saturated rings. The summed E-state index contributed by atoms with van der Waals surface area (Å²) in [5.74, 6) is -4.02. The normalized spacial score (nSPS) is 17.7. The Kier molecular flexibility index (Phi) is 22.1. The van der Waals surface area contributed by atoms with E-state index in [1.807, 2.05) is 5.38 Å². The first-order chi connectivity index (χ1) is 38.4. The van der Waals surface area contributed by atoms with Gasteiger partial charge in [0.2, 0.25) is 5.91 Å². The van der Waals surface area contributed by atoms with Crippen molar-refractivity contribution < 1.29 is 62.7 Å². The van der Waals surface area contributed by atoms with Crippen molar-refractivity contribution >= 4 is 152 Å². The number of carbonyl (C=O) groups is 4. The lowest BCUT2D eigenvalue weighted by Crippen LogP contribution is -2.58. The molecule has 3 amide bonds. The number of amides is 3. The fourth-order valence-electron chi connectivity index (χ4n) is 7.48. The molecule has 3 aliphatic heterocycles. The van der Waals surface area contributed by atoms with E-state index < -0.39 is 91.0 Å². The Labute approximate surface area is 496 Å². The van der Waals surface area contributed by atoms with Gasteiger partial charge in [-0.2, -0.15) is 34.3 Å². The standard InChI is InChI=1S/C17H13ClFN3O3S2.C16H17ClFN3O4S2.C16H11ClFN3O4S2.CH4/c1-2-7-22-15(17(23)20-11-5-6-13(19)12(18)9-11)10-14(21-27(22,24)25)16-4-3-8-26-16;2*17-11-8-10(3-4-12(11)18)19-16(23)14-9-13(15-2-1-7-26-15)20-27(24,25)21(14)5-6-22;/h2-6,8-10H,1,7H2,(H,20,23);1-4,7-8,13-14,20,22H,5-6,9H2,(H,19,23);1-4,6-9H,5H2,(H,19,23);1H4. The Morgan fingerprint density at radius 2 is 1.12 bits per heavy atom. The maximum atomic E-state index is 13.3. The quantitative estimate of drug-likeness (QED) is 0.0478. The zero-order chi connectivity index (χ0) is 58.8. The first-order valence-electron chi connectivity index (χ1n) is 23.0. The van der Waals surface area contributed by atoms with Gasteiger partial charge >= 0.3 is 20.4 Å². The second-order valence-electron chi connectivity index (χ2n) is 16.5. The van der Waals surface area contributed by atoms with Gasteiger partial charge in [0.25, 0.3) is 22.0 Å². The average Bonchev–Trinajstić information content (AvgIpc) is 4.35. The third-order valence-electron chi connectivity index (χ3n) is 11.1. The molecule has 0 radical (unpaired) electrons. The molecule has 32 heteroatoms. The van der Waals surface area contributed by atoms with Crippen LogP contribution in [0.15, 0.2) is 152 Å². The summed E-state index contributed by atoms with van der Waals surface area (Å²) in [6, 6.07) is 19.7. The number of hydrogen-bond donors (Lipinski definition) is 5. The van der Waals surface area contributed by atoms with E-state index in [0.29, 0.717) is 20.3 Å². The highest BCUT2D eigenvalue weighted by molar-refractivity contribution is 7.88. The van der Waals surface area contributed by atoms with Crippen LogP contribution in [0, 0.1) is 17.5 Å². The van der Waals surface area contributed by atoms with Gasteiger partial charge in [0.15, 0.2) is 0 Å². The number of allylic oxidation sites excluding steroid dienone is 2. The van der Waals surface area contributed by atoms with Gasteiger partial charge in [-0.1, -0.05) is 66.5 Å². The fourth-order valence-corrected chi connectivity index (χ4v) is 14.2. The number of hydrogen-bond acceptors (Lipinski definition) is 14. The smallest absolute Gasteiger partial charge is 0.345 e. The minimum absolute atomic E-state index is 0. The number of halogens is 6. The van der Waals surface area contributed by atoms with E-state index in [2.05, 4.69) is 36.0 Å². The summed E-state index contributed by atoms with van der Waals surface area (Å²) < 4.78 is 127. The maximum Gasteiger partial charge on any atom is 0.345 e. The molecular weight excluding hydrogens is 1260 g/mol. The summed E-state index contributed by atoms with van der Waals surface area (Å²) in [5.41, 5.74) is 0.454. The van der Waals surface area contributed by atoms with Gasteiger partial charge < -0.3 is 25.9 Å². The predicted molar refractivity (Wildman–Crippen MR) is 314 cm³/mol. The summed E-state index contributed by atoms with van der Waals surface area (Å²) in [5, 5.41) is 21.6. The van der Waals surface area contributed by atoms with E-state index >= 15 is 0 Å². The molecule has 434 valence electrons. The molecule has 6 aromatic rings. The number of aliphatic hydroxyl groups is 1. The van der Waals surface area contributed by atoms with Crippen LogP contribution in [0.5, 0.6) is 0 Å². The molecule has 9 rings (SSSR count). The molecule has 3 aromatic heterocycles. The van der Waals surface area contributed by atoms with Gasteiger partial charge in [-0.15, -0.1) is 49.4 Å². The molecule has 0 spiro atoms. The Balaban J connectivity index is 0.000000197. The number of nitrogens with zero attached hydrogens (tertiary/aromatic N) is 5. The summed E-state index contributed by atoms with van der Waals surface area (Å²) >= 11 is 21.1.